The molecular formula is C15H17NO3Se. The van der Waals surface area contributed by atoms with Gasteiger partial charge in [-0.25, -0.2) is 0 Å². The molecule has 0 bridgehead atoms. The van der Waals surface area contributed by atoms with Crippen molar-refractivity contribution in [1.82, 2.24) is 0 Å². The van der Waals surface area contributed by atoms with E-state index in [1.54, 1.807) is 6.92 Å². The van der Waals surface area contributed by atoms with Gasteiger partial charge >= 0.3 is 123 Å². The number of rotatable bonds is 5. The van der Waals surface area contributed by atoms with Crippen molar-refractivity contribution < 1.29 is 14.3 Å². The first-order valence-electron chi connectivity index (χ1n) is 6.64. The molecule has 20 heavy (non-hydrogen) atoms. The van der Waals surface area contributed by atoms with E-state index in [1.807, 2.05) is 31.2 Å². The van der Waals surface area contributed by atoms with E-state index in [0.717, 1.165) is 26.2 Å². The number of fused-ring (bicyclic) bond motifs is 1. The van der Waals surface area contributed by atoms with Gasteiger partial charge in [-0.1, -0.05) is 0 Å². The summed E-state index contributed by atoms with van der Waals surface area (Å²) in [5, 5.41) is 3.87. The Kier molecular flexibility index (Phi) is 4.99. The first kappa shape index (κ1) is 14.8. The molecule has 0 aliphatic rings. The number of carbonyl (C=O) groups excluding carboxylic acids is 2. The van der Waals surface area contributed by atoms with Crippen LogP contribution < -0.4 is 5.32 Å². The number of benzene rings is 1. The van der Waals surface area contributed by atoms with Gasteiger partial charge in [0.25, 0.3) is 0 Å². The summed E-state index contributed by atoms with van der Waals surface area (Å²) in [5.74, 6) is -0.217. The SMILES string of the molecule is CCCC(=O)Nc1ccc2[se]c(C(=O)OCC)cc2c1. The van der Waals surface area contributed by atoms with E-state index in [4.69, 9.17) is 4.74 Å². The zero-order valence-corrected chi connectivity index (χ0v) is 13.3. The van der Waals surface area contributed by atoms with E-state index in [1.165, 1.54) is 0 Å². The number of anilines is 1. The summed E-state index contributed by atoms with van der Waals surface area (Å²) in [7, 11) is 0. The van der Waals surface area contributed by atoms with Gasteiger partial charge < -0.3 is 0 Å². The van der Waals surface area contributed by atoms with Crippen LogP contribution in [0.2, 0.25) is 0 Å². The Balaban J connectivity index is 2.21. The first-order chi connectivity index (χ1) is 9.63. The van der Waals surface area contributed by atoms with Gasteiger partial charge in [0, 0.05) is 0 Å². The van der Waals surface area contributed by atoms with Gasteiger partial charge in [0.1, 0.15) is 0 Å². The second-order valence-electron chi connectivity index (χ2n) is 4.38. The molecule has 4 nitrogen and oxygen atoms in total. The predicted octanol–water partition coefficient (Wildman–Crippen LogP) is 2.81. The Labute approximate surface area is 123 Å². The average molecular weight is 338 g/mol. The molecule has 0 unspecified atom stereocenters. The number of amides is 1. The molecule has 1 aromatic carbocycles. The summed E-state index contributed by atoms with van der Waals surface area (Å²) in [6.45, 7) is 4.16. The molecule has 5 heteroatoms. The molecule has 1 heterocycles. The topological polar surface area (TPSA) is 55.4 Å². The molecule has 1 amide bonds. The maximum absolute atomic E-state index is 11.7. The van der Waals surface area contributed by atoms with E-state index in [9.17, 15) is 9.59 Å². The average Bonchev–Trinajstić information content (AvgIpc) is 2.82. The van der Waals surface area contributed by atoms with Gasteiger partial charge in [-0.3, -0.25) is 0 Å². The minimum absolute atomic E-state index is 0.00640. The van der Waals surface area contributed by atoms with Crippen molar-refractivity contribution in [2.75, 3.05) is 11.9 Å². The number of nitrogens with one attached hydrogen (secondary N) is 1. The van der Waals surface area contributed by atoms with Crippen LogP contribution >= 0.6 is 0 Å². The number of carbonyl (C=O) groups is 2. The molecule has 0 atom stereocenters. The van der Waals surface area contributed by atoms with E-state index >= 15 is 0 Å². The Morgan fingerprint density at radius 1 is 1.25 bits per heavy atom. The van der Waals surface area contributed by atoms with Crippen LogP contribution in [0, 0.1) is 0 Å². The molecule has 0 saturated carbocycles. The van der Waals surface area contributed by atoms with E-state index in [0.29, 0.717) is 13.0 Å². The molecule has 1 aromatic heterocycles. The minimum atomic E-state index is -0.236. The molecule has 2 aromatic rings. The standard InChI is InChI=1S/C15H17NO3Se/c1-3-5-14(17)16-11-6-7-12-10(8-11)9-13(20-12)15(18)19-4-2/h6-9H,3-5H2,1-2H3,(H,16,17). The molecule has 2 rings (SSSR count). The van der Waals surface area contributed by atoms with Crippen LogP contribution in [-0.4, -0.2) is 33.0 Å². The quantitative estimate of drug-likeness (QED) is 0.674. The summed E-state index contributed by atoms with van der Waals surface area (Å²) in [6, 6.07) is 7.63. The Hall–Kier alpha value is -1.58. The zero-order valence-electron chi connectivity index (χ0n) is 11.6. The third kappa shape index (κ3) is 3.50. The van der Waals surface area contributed by atoms with Gasteiger partial charge in [0.2, 0.25) is 0 Å². The van der Waals surface area contributed by atoms with Crippen LogP contribution in [0.15, 0.2) is 24.3 Å². The fourth-order valence-corrected chi connectivity index (χ4v) is 3.84. The molecule has 0 aliphatic carbocycles. The first-order valence-corrected chi connectivity index (χ1v) is 8.36. The number of hydrogen-bond donors (Lipinski definition) is 1. The van der Waals surface area contributed by atoms with Crippen LogP contribution in [0.4, 0.5) is 5.69 Å². The van der Waals surface area contributed by atoms with Gasteiger partial charge in [0.15, 0.2) is 0 Å². The molecule has 0 spiro atoms. The van der Waals surface area contributed by atoms with Gasteiger partial charge in [0.05, 0.1) is 0 Å². The molecule has 106 valence electrons. The van der Waals surface area contributed by atoms with Crippen molar-refractivity contribution in [3.63, 3.8) is 0 Å². The molecule has 0 aliphatic heterocycles. The van der Waals surface area contributed by atoms with Crippen molar-refractivity contribution >= 4 is 41.7 Å². The van der Waals surface area contributed by atoms with Crippen molar-refractivity contribution in [2.24, 2.45) is 0 Å². The summed E-state index contributed by atoms with van der Waals surface area (Å²) in [4.78, 5) is 23.3. The van der Waals surface area contributed by atoms with Gasteiger partial charge in [-0.15, -0.1) is 0 Å². The van der Waals surface area contributed by atoms with Crippen molar-refractivity contribution in [1.29, 1.82) is 0 Å². The third-order valence-corrected chi connectivity index (χ3v) is 5.05. The van der Waals surface area contributed by atoms with Crippen molar-refractivity contribution in [2.45, 2.75) is 26.7 Å². The number of ether oxygens (including phenoxy) is 1. The van der Waals surface area contributed by atoms with Crippen LogP contribution in [0.1, 0.15) is 35.9 Å². The van der Waals surface area contributed by atoms with Crippen LogP contribution in [0.5, 0.6) is 0 Å². The predicted molar refractivity (Wildman–Crippen MR) is 80.4 cm³/mol. The summed E-state index contributed by atoms with van der Waals surface area (Å²) in [5.41, 5.74) is 0.777. The van der Waals surface area contributed by atoms with Crippen LogP contribution in [0.25, 0.3) is 9.65 Å². The molecule has 0 radical (unpaired) electrons. The van der Waals surface area contributed by atoms with E-state index in [-0.39, 0.29) is 26.4 Å². The Bertz CT molecular complexity index is 633. The maximum atomic E-state index is 11.7. The molecule has 0 fully saturated rings. The Morgan fingerprint density at radius 3 is 2.75 bits per heavy atom. The molecule has 1 N–H and O–H groups in total. The molecule has 0 saturated heterocycles. The zero-order chi connectivity index (χ0) is 14.5. The van der Waals surface area contributed by atoms with E-state index < -0.39 is 0 Å². The van der Waals surface area contributed by atoms with Crippen LogP contribution in [-0.2, 0) is 9.53 Å². The fraction of sp³-hybridized carbons (Fsp3) is 0.333. The van der Waals surface area contributed by atoms with Gasteiger partial charge in [-0.05, 0) is 0 Å². The summed E-state index contributed by atoms with van der Waals surface area (Å²) >= 11 is -0.00640. The molecular weight excluding hydrogens is 321 g/mol. The monoisotopic (exact) mass is 339 g/mol. The number of esters is 1. The summed E-state index contributed by atoms with van der Waals surface area (Å²) in [6.07, 6.45) is 1.34. The van der Waals surface area contributed by atoms with Crippen molar-refractivity contribution in [3.8, 4) is 0 Å². The van der Waals surface area contributed by atoms with Crippen LogP contribution in [0.3, 0.4) is 0 Å². The van der Waals surface area contributed by atoms with Crippen molar-refractivity contribution in [3.05, 3.63) is 28.7 Å². The second-order valence-corrected chi connectivity index (χ2v) is 6.66. The number of hydrogen-bond acceptors (Lipinski definition) is 3. The summed E-state index contributed by atoms with van der Waals surface area (Å²) < 4.78 is 6.90. The third-order valence-electron chi connectivity index (χ3n) is 2.75. The van der Waals surface area contributed by atoms with Gasteiger partial charge in [-0.2, -0.15) is 0 Å². The Morgan fingerprint density at radius 2 is 2.05 bits per heavy atom. The normalized spacial score (nSPS) is 10.5. The second kappa shape index (κ2) is 6.73. The van der Waals surface area contributed by atoms with E-state index in [2.05, 4.69) is 5.32 Å². The fourth-order valence-electron chi connectivity index (χ4n) is 1.87.